The van der Waals surface area contributed by atoms with E-state index in [9.17, 15) is 0 Å². The number of anilines is 1. The fraction of sp³-hybridized carbons (Fsp3) is 0.556. The molecular formula is C9H14ClN3O. The first-order valence-corrected chi connectivity index (χ1v) is 5.02. The van der Waals surface area contributed by atoms with Crippen molar-refractivity contribution in [1.29, 1.82) is 0 Å². The van der Waals surface area contributed by atoms with Gasteiger partial charge in [0.15, 0.2) is 0 Å². The second-order valence-electron chi connectivity index (χ2n) is 2.85. The van der Waals surface area contributed by atoms with Crippen LogP contribution in [0.15, 0.2) is 12.4 Å². The number of alkyl halides is 1. The Balaban J connectivity index is 2.65. The molecule has 0 aliphatic heterocycles. The van der Waals surface area contributed by atoms with Gasteiger partial charge in [0.1, 0.15) is 5.82 Å². The lowest BCUT2D eigenvalue weighted by Crippen LogP contribution is -2.20. The Morgan fingerprint density at radius 1 is 1.57 bits per heavy atom. The van der Waals surface area contributed by atoms with Crippen molar-refractivity contribution >= 4 is 17.4 Å². The average Bonchev–Trinajstić information content (AvgIpc) is 2.26. The summed E-state index contributed by atoms with van der Waals surface area (Å²) < 4.78 is 4.96. The number of halogens is 1. The first-order chi connectivity index (χ1) is 6.80. The first kappa shape index (κ1) is 11.0. The van der Waals surface area contributed by atoms with Gasteiger partial charge in [0.05, 0.1) is 19.5 Å². The van der Waals surface area contributed by atoms with Crippen molar-refractivity contribution in [3.8, 4) is 5.88 Å². The van der Waals surface area contributed by atoms with Crippen LogP contribution in [0, 0.1) is 0 Å². The van der Waals surface area contributed by atoms with E-state index in [1.165, 1.54) is 0 Å². The molecule has 1 N–H and O–H groups in total. The van der Waals surface area contributed by atoms with Crippen LogP contribution in [0.2, 0.25) is 0 Å². The highest BCUT2D eigenvalue weighted by molar-refractivity contribution is 6.18. The highest BCUT2D eigenvalue weighted by Crippen LogP contribution is 2.10. The maximum absolute atomic E-state index is 5.75. The second-order valence-corrected chi connectivity index (χ2v) is 3.16. The quantitative estimate of drug-likeness (QED) is 0.763. The number of rotatable bonds is 5. The summed E-state index contributed by atoms with van der Waals surface area (Å²) >= 11 is 5.75. The van der Waals surface area contributed by atoms with Crippen molar-refractivity contribution in [1.82, 2.24) is 9.97 Å². The highest BCUT2D eigenvalue weighted by atomic mass is 35.5. The fourth-order valence-electron chi connectivity index (χ4n) is 0.975. The molecule has 1 atom stereocenters. The van der Waals surface area contributed by atoms with Crippen LogP contribution in [0.3, 0.4) is 0 Å². The summed E-state index contributed by atoms with van der Waals surface area (Å²) in [4.78, 5) is 8.16. The molecule has 0 radical (unpaired) electrons. The lowest BCUT2D eigenvalue weighted by atomic mass is 10.2. The van der Waals surface area contributed by atoms with E-state index in [1.807, 2.05) is 0 Å². The molecule has 0 fully saturated rings. The third-order valence-electron chi connectivity index (χ3n) is 1.85. The Labute approximate surface area is 88.7 Å². The first-order valence-electron chi connectivity index (χ1n) is 4.48. The number of nitrogens with one attached hydrogen (secondary N) is 1. The number of methoxy groups -OCH3 is 1. The molecule has 5 heteroatoms. The summed E-state index contributed by atoms with van der Waals surface area (Å²) in [6, 6.07) is 0.220. The molecule has 1 aromatic rings. The van der Waals surface area contributed by atoms with Crippen molar-refractivity contribution in [2.45, 2.75) is 19.4 Å². The molecule has 0 aromatic carbocycles. The summed E-state index contributed by atoms with van der Waals surface area (Å²) in [6.07, 6.45) is 4.16. The van der Waals surface area contributed by atoms with Gasteiger partial charge in [0, 0.05) is 11.9 Å². The molecule has 1 unspecified atom stereocenters. The summed E-state index contributed by atoms with van der Waals surface area (Å²) in [6.45, 7) is 2.06. The number of hydrogen-bond donors (Lipinski definition) is 1. The van der Waals surface area contributed by atoms with Gasteiger partial charge in [-0.25, -0.2) is 0 Å². The van der Waals surface area contributed by atoms with Crippen LogP contribution in [-0.4, -0.2) is 29.0 Å². The summed E-state index contributed by atoms with van der Waals surface area (Å²) in [5.41, 5.74) is 0. The Bertz CT molecular complexity index is 279. The van der Waals surface area contributed by atoms with Crippen LogP contribution >= 0.6 is 11.6 Å². The lowest BCUT2D eigenvalue weighted by molar-refractivity contribution is 0.396. The second kappa shape index (κ2) is 5.65. The molecule has 4 nitrogen and oxygen atoms in total. The molecule has 1 rings (SSSR count). The zero-order valence-corrected chi connectivity index (χ0v) is 9.08. The average molecular weight is 216 g/mol. The number of ether oxygens (including phenoxy) is 1. The summed E-state index contributed by atoms with van der Waals surface area (Å²) in [5.74, 6) is 1.74. The van der Waals surface area contributed by atoms with Gasteiger partial charge in [-0.1, -0.05) is 6.92 Å². The van der Waals surface area contributed by atoms with E-state index in [0.717, 1.165) is 6.42 Å². The smallest absolute Gasteiger partial charge is 0.233 e. The van der Waals surface area contributed by atoms with E-state index in [-0.39, 0.29) is 6.04 Å². The van der Waals surface area contributed by atoms with Crippen LogP contribution in [-0.2, 0) is 0 Å². The van der Waals surface area contributed by atoms with Gasteiger partial charge < -0.3 is 10.1 Å². The maximum atomic E-state index is 5.75. The van der Waals surface area contributed by atoms with E-state index in [0.29, 0.717) is 17.6 Å². The van der Waals surface area contributed by atoms with Gasteiger partial charge in [-0.3, -0.25) is 4.98 Å². The van der Waals surface area contributed by atoms with Crippen LogP contribution < -0.4 is 10.1 Å². The van der Waals surface area contributed by atoms with Crippen molar-refractivity contribution in [3.05, 3.63) is 12.4 Å². The third-order valence-corrected chi connectivity index (χ3v) is 2.23. The molecule has 0 aliphatic carbocycles. The predicted octanol–water partition coefficient (Wildman–Crippen LogP) is 1.91. The van der Waals surface area contributed by atoms with Gasteiger partial charge in [0.2, 0.25) is 5.88 Å². The molecule has 0 bridgehead atoms. The van der Waals surface area contributed by atoms with Crippen molar-refractivity contribution in [2.24, 2.45) is 0 Å². The van der Waals surface area contributed by atoms with Gasteiger partial charge in [-0.2, -0.15) is 4.98 Å². The molecule has 0 amide bonds. The molecule has 0 saturated carbocycles. The highest BCUT2D eigenvalue weighted by Gasteiger charge is 2.05. The van der Waals surface area contributed by atoms with Gasteiger partial charge in [-0.15, -0.1) is 11.6 Å². The van der Waals surface area contributed by atoms with E-state index in [4.69, 9.17) is 16.3 Å². The van der Waals surface area contributed by atoms with E-state index in [2.05, 4.69) is 22.2 Å². The number of nitrogens with zero attached hydrogens (tertiary/aromatic N) is 2. The molecule has 78 valence electrons. The van der Waals surface area contributed by atoms with Crippen LogP contribution in [0.4, 0.5) is 5.82 Å². The van der Waals surface area contributed by atoms with Gasteiger partial charge >= 0.3 is 0 Å². The van der Waals surface area contributed by atoms with Crippen molar-refractivity contribution < 1.29 is 4.74 Å². The molecule has 0 spiro atoms. The Kier molecular flexibility index (Phi) is 4.46. The molecule has 1 aromatic heterocycles. The minimum absolute atomic E-state index is 0.220. The Morgan fingerprint density at radius 3 is 2.93 bits per heavy atom. The molecule has 0 aliphatic rings. The minimum Gasteiger partial charge on any atom is -0.480 e. The lowest BCUT2D eigenvalue weighted by Gasteiger charge is -2.13. The SMILES string of the molecule is CCC(CCl)Nc1cncc(OC)n1. The topological polar surface area (TPSA) is 47.0 Å². The summed E-state index contributed by atoms with van der Waals surface area (Å²) in [5, 5.41) is 3.17. The predicted molar refractivity (Wildman–Crippen MR) is 57.0 cm³/mol. The van der Waals surface area contributed by atoms with Gasteiger partial charge in [0.25, 0.3) is 0 Å². The third kappa shape index (κ3) is 3.03. The Hall–Kier alpha value is -1.03. The van der Waals surface area contributed by atoms with Crippen molar-refractivity contribution in [2.75, 3.05) is 18.3 Å². The van der Waals surface area contributed by atoms with E-state index >= 15 is 0 Å². The zero-order chi connectivity index (χ0) is 10.4. The summed E-state index contributed by atoms with van der Waals surface area (Å²) in [7, 11) is 1.56. The zero-order valence-electron chi connectivity index (χ0n) is 8.33. The minimum atomic E-state index is 0.220. The van der Waals surface area contributed by atoms with E-state index in [1.54, 1.807) is 19.5 Å². The molecule has 0 saturated heterocycles. The van der Waals surface area contributed by atoms with Crippen LogP contribution in [0.25, 0.3) is 0 Å². The standard InChI is InChI=1S/C9H14ClN3O/c1-3-7(4-10)12-8-5-11-6-9(13-8)14-2/h5-7H,3-4H2,1-2H3,(H,12,13). The van der Waals surface area contributed by atoms with Crippen LogP contribution in [0.1, 0.15) is 13.3 Å². The molecule has 14 heavy (non-hydrogen) atoms. The number of hydrogen-bond acceptors (Lipinski definition) is 4. The maximum Gasteiger partial charge on any atom is 0.233 e. The van der Waals surface area contributed by atoms with Crippen LogP contribution in [0.5, 0.6) is 5.88 Å². The van der Waals surface area contributed by atoms with Crippen molar-refractivity contribution in [3.63, 3.8) is 0 Å². The normalized spacial score (nSPS) is 12.2. The van der Waals surface area contributed by atoms with E-state index < -0.39 is 0 Å². The monoisotopic (exact) mass is 215 g/mol. The van der Waals surface area contributed by atoms with Gasteiger partial charge in [-0.05, 0) is 6.42 Å². The fourth-order valence-corrected chi connectivity index (χ4v) is 1.27. The number of aromatic nitrogens is 2. The largest absolute Gasteiger partial charge is 0.480 e. The molecular weight excluding hydrogens is 202 g/mol. The molecule has 1 heterocycles. The Morgan fingerprint density at radius 2 is 2.36 bits per heavy atom.